The number of hydrogen-bond acceptors (Lipinski definition) is 6. The fourth-order valence-electron chi connectivity index (χ4n) is 7.34. The molecular weight excluding hydrogens is 578 g/mol. The van der Waals surface area contributed by atoms with E-state index in [0.717, 1.165) is 40.9 Å². The predicted molar refractivity (Wildman–Crippen MR) is 181 cm³/mol. The van der Waals surface area contributed by atoms with Crippen LogP contribution in [0.1, 0.15) is 39.2 Å². The molecule has 2 atom stereocenters. The number of fused-ring (bicyclic) bond motifs is 3. The van der Waals surface area contributed by atoms with Gasteiger partial charge in [0.05, 0.1) is 29.3 Å². The highest BCUT2D eigenvalue weighted by Crippen LogP contribution is 2.51. The predicted octanol–water partition coefficient (Wildman–Crippen LogP) is 6.34. The first-order chi connectivity index (χ1) is 22.0. The number of carboxylic acid groups (broad SMARTS) is 1. The lowest BCUT2D eigenvalue weighted by Crippen LogP contribution is -2.67. The van der Waals surface area contributed by atoms with Crippen molar-refractivity contribution in [1.29, 1.82) is 0 Å². The molecule has 46 heavy (non-hydrogen) atoms. The van der Waals surface area contributed by atoms with Crippen molar-refractivity contribution in [2.75, 3.05) is 23.3 Å². The second-order valence-corrected chi connectivity index (χ2v) is 13.6. The second-order valence-electron chi connectivity index (χ2n) is 13.6. The van der Waals surface area contributed by atoms with Gasteiger partial charge in [-0.15, -0.1) is 0 Å². The molecule has 0 aliphatic carbocycles. The average Bonchev–Trinajstić information content (AvgIpc) is 3.60. The van der Waals surface area contributed by atoms with Crippen LogP contribution in [0.25, 0.3) is 22.2 Å². The van der Waals surface area contributed by atoms with Gasteiger partial charge in [0.25, 0.3) is 5.56 Å². The normalized spacial score (nSPS) is 19.5. The van der Waals surface area contributed by atoms with Crippen molar-refractivity contribution in [3.8, 4) is 11.1 Å². The van der Waals surface area contributed by atoms with Gasteiger partial charge < -0.3 is 24.8 Å². The van der Waals surface area contributed by atoms with E-state index in [2.05, 4.69) is 60.4 Å². The van der Waals surface area contributed by atoms with Gasteiger partial charge in [0.15, 0.2) is 5.82 Å². The summed E-state index contributed by atoms with van der Waals surface area (Å²) >= 11 is 0. The van der Waals surface area contributed by atoms with E-state index in [4.69, 9.17) is 4.98 Å². The zero-order valence-electron chi connectivity index (χ0n) is 26.6. The highest BCUT2D eigenvalue weighted by atomic mass is 16.4. The van der Waals surface area contributed by atoms with E-state index in [-0.39, 0.29) is 28.4 Å². The molecule has 2 unspecified atom stereocenters. The molecule has 0 saturated carbocycles. The molecule has 2 aromatic heterocycles. The molecule has 0 spiro atoms. The van der Waals surface area contributed by atoms with Gasteiger partial charge in [-0.2, -0.15) is 5.10 Å². The Morgan fingerprint density at radius 3 is 2.52 bits per heavy atom. The van der Waals surface area contributed by atoms with Crippen LogP contribution >= 0.6 is 0 Å². The van der Waals surface area contributed by atoms with Crippen LogP contribution in [0.3, 0.4) is 0 Å². The lowest BCUT2D eigenvalue weighted by atomic mass is 9.71. The summed E-state index contributed by atoms with van der Waals surface area (Å²) in [5.74, 6) is 0.257. The zero-order chi connectivity index (χ0) is 32.2. The molecular formula is C36H39N7O3. The third-order valence-corrected chi connectivity index (χ3v) is 9.91. The minimum absolute atomic E-state index is 0.125. The fraction of sp³-hybridized carbons (Fsp3) is 0.333. The van der Waals surface area contributed by atoms with E-state index in [9.17, 15) is 14.7 Å². The Bertz CT molecular complexity index is 1980. The molecule has 10 heteroatoms. The van der Waals surface area contributed by atoms with Crippen molar-refractivity contribution in [2.45, 2.75) is 51.7 Å². The molecule has 2 saturated heterocycles. The topological polar surface area (TPSA) is 109 Å². The van der Waals surface area contributed by atoms with Crippen LogP contribution in [-0.4, -0.2) is 60.1 Å². The first-order valence-electron chi connectivity index (χ1n) is 15.7. The van der Waals surface area contributed by atoms with Crippen LogP contribution in [0.2, 0.25) is 0 Å². The van der Waals surface area contributed by atoms with Crippen molar-refractivity contribution in [1.82, 2.24) is 24.2 Å². The number of rotatable bonds is 6. The standard InChI is InChI=1S/C36H39N7O3/c1-35(2,3)36-17-16-29(22-41(23-36)34(45)46)43(36)28-13-11-27(12-14-28)38-32-33(44)40(4)31-18-25(10-15-30(31)39-32)26-19-37-42(21-26)20-24-8-6-5-7-9-24/h5-15,18-19,21,29H,16-17,20,22-23H2,1-4H3,(H,38,39)(H,45,46). The molecule has 3 aromatic carbocycles. The van der Waals surface area contributed by atoms with Gasteiger partial charge in [-0.1, -0.05) is 57.2 Å². The summed E-state index contributed by atoms with van der Waals surface area (Å²) in [6, 6.07) is 24.3. The van der Waals surface area contributed by atoms with Gasteiger partial charge >= 0.3 is 6.09 Å². The summed E-state index contributed by atoms with van der Waals surface area (Å²) in [5.41, 5.74) is 5.74. The number of anilines is 3. The van der Waals surface area contributed by atoms with Crippen molar-refractivity contribution in [3.05, 3.63) is 101 Å². The monoisotopic (exact) mass is 617 g/mol. The summed E-state index contributed by atoms with van der Waals surface area (Å²) in [5, 5.41) is 17.6. The Labute approximate surface area is 267 Å². The molecule has 4 heterocycles. The summed E-state index contributed by atoms with van der Waals surface area (Å²) in [4.78, 5) is 34.1. The van der Waals surface area contributed by atoms with E-state index in [1.165, 1.54) is 5.56 Å². The maximum Gasteiger partial charge on any atom is 0.407 e. The first-order valence-corrected chi connectivity index (χ1v) is 15.7. The number of amides is 1. The number of nitrogens with one attached hydrogen (secondary N) is 1. The molecule has 5 aromatic rings. The van der Waals surface area contributed by atoms with E-state index >= 15 is 0 Å². The zero-order valence-corrected chi connectivity index (χ0v) is 26.6. The van der Waals surface area contributed by atoms with Gasteiger partial charge in [0.2, 0.25) is 0 Å². The third-order valence-electron chi connectivity index (χ3n) is 9.91. The highest BCUT2D eigenvalue weighted by Gasteiger charge is 2.57. The molecule has 2 bridgehead atoms. The maximum absolute atomic E-state index is 13.4. The Morgan fingerprint density at radius 2 is 1.80 bits per heavy atom. The molecule has 2 N–H and O–H groups in total. The molecule has 2 aliphatic rings. The van der Waals surface area contributed by atoms with Gasteiger partial charge in [-0.05, 0) is 65.8 Å². The smallest absolute Gasteiger partial charge is 0.407 e. The summed E-state index contributed by atoms with van der Waals surface area (Å²) in [6.07, 6.45) is 4.90. The van der Waals surface area contributed by atoms with Gasteiger partial charge in [-0.25, -0.2) is 9.78 Å². The van der Waals surface area contributed by atoms with Crippen LogP contribution in [0.15, 0.2) is 90.0 Å². The third kappa shape index (κ3) is 5.07. The molecule has 2 fully saturated rings. The first kappa shape index (κ1) is 29.6. The SMILES string of the molecule is Cn1c(=O)c(Nc2ccc(N3C4CCC3(C(C)(C)C)CN(C(=O)O)C4)cc2)nc2ccc(-c3cnn(Cc4ccccc4)c3)cc21. The second kappa shape index (κ2) is 11.0. The number of benzene rings is 3. The Morgan fingerprint density at radius 1 is 1.04 bits per heavy atom. The van der Waals surface area contributed by atoms with Crippen LogP contribution < -0.4 is 15.8 Å². The van der Waals surface area contributed by atoms with Crippen molar-refractivity contribution in [3.63, 3.8) is 0 Å². The lowest BCUT2D eigenvalue weighted by Gasteiger charge is -2.56. The lowest BCUT2D eigenvalue weighted by molar-refractivity contribution is 0.0795. The van der Waals surface area contributed by atoms with Crippen LogP contribution in [0.5, 0.6) is 0 Å². The summed E-state index contributed by atoms with van der Waals surface area (Å²) in [7, 11) is 1.77. The minimum Gasteiger partial charge on any atom is -0.465 e. The van der Waals surface area contributed by atoms with E-state index < -0.39 is 6.09 Å². The Balaban J connectivity index is 1.12. The molecule has 1 amide bonds. The van der Waals surface area contributed by atoms with Crippen LogP contribution in [-0.2, 0) is 13.6 Å². The van der Waals surface area contributed by atoms with E-state index in [1.54, 1.807) is 16.5 Å². The maximum atomic E-state index is 13.4. The summed E-state index contributed by atoms with van der Waals surface area (Å²) in [6.45, 7) is 8.27. The van der Waals surface area contributed by atoms with E-state index in [0.29, 0.717) is 25.2 Å². The average molecular weight is 618 g/mol. The van der Waals surface area contributed by atoms with Crippen molar-refractivity contribution in [2.24, 2.45) is 12.5 Å². The number of aryl methyl sites for hydroxylation is 1. The number of likely N-dealkylation sites (tertiary alicyclic amines) is 1. The highest BCUT2D eigenvalue weighted by molar-refractivity contribution is 5.83. The Kier molecular flexibility index (Phi) is 7.10. The molecule has 0 radical (unpaired) electrons. The molecule has 10 nitrogen and oxygen atoms in total. The molecule has 2 aliphatic heterocycles. The number of aromatic nitrogens is 4. The number of piperazine rings is 1. The number of carbonyl (C=O) groups is 1. The van der Waals surface area contributed by atoms with Gasteiger partial charge in [-0.3, -0.25) is 9.48 Å². The molecule has 7 rings (SSSR count). The van der Waals surface area contributed by atoms with Gasteiger partial charge in [0, 0.05) is 49.3 Å². The Hall–Kier alpha value is -5.12. The van der Waals surface area contributed by atoms with Crippen molar-refractivity contribution >= 4 is 34.3 Å². The fourth-order valence-corrected chi connectivity index (χ4v) is 7.34. The largest absolute Gasteiger partial charge is 0.465 e. The quantitative estimate of drug-likeness (QED) is 0.229. The summed E-state index contributed by atoms with van der Waals surface area (Å²) < 4.78 is 3.54. The van der Waals surface area contributed by atoms with Gasteiger partial charge in [0.1, 0.15) is 0 Å². The van der Waals surface area contributed by atoms with Crippen LogP contribution in [0, 0.1) is 5.41 Å². The number of nitrogens with zero attached hydrogens (tertiary/aromatic N) is 6. The van der Waals surface area contributed by atoms with Crippen LogP contribution in [0.4, 0.5) is 22.0 Å². The number of hydrogen-bond donors (Lipinski definition) is 2. The minimum atomic E-state index is -0.852. The van der Waals surface area contributed by atoms with E-state index in [1.807, 2.05) is 65.6 Å². The molecule has 236 valence electrons. The van der Waals surface area contributed by atoms with Crippen molar-refractivity contribution < 1.29 is 9.90 Å².